The number of hydroxylamine groups is 2. The Morgan fingerprint density at radius 1 is 1.27 bits per heavy atom. The van der Waals surface area contributed by atoms with Crippen molar-refractivity contribution in [3.63, 3.8) is 0 Å². The number of amides is 3. The molecule has 1 rings (SSSR count). The molecule has 124 valence electrons. The molecule has 11 nitrogen and oxygen atoms in total. The zero-order valence-electron chi connectivity index (χ0n) is 11.6. The number of likely N-dealkylation sites (N-methyl/N-ethyl adjacent to an activating group) is 1. The molecule has 1 heterocycles. The molecule has 3 amide bonds. The number of nitrogens with zero attached hydrogens (tertiary/aromatic N) is 2. The van der Waals surface area contributed by atoms with Crippen LogP contribution in [0.25, 0.3) is 0 Å². The zero-order valence-corrected chi connectivity index (χ0v) is 12.4. The van der Waals surface area contributed by atoms with Gasteiger partial charge in [-0.3, -0.25) is 23.8 Å². The van der Waals surface area contributed by atoms with E-state index in [0.717, 1.165) is 4.90 Å². The fourth-order valence-corrected chi connectivity index (χ4v) is 2.23. The molecule has 1 aliphatic rings. The van der Waals surface area contributed by atoms with E-state index in [1.54, 1.807) is 0 Å². The quantitative estimate of drug-likeness (QED) is 0.362. The molecule has 12 heteroatoms. The first-order chi connectivity index (χ1) is 10.1. The molecular formula is C10H14N2O9S. The fraction of sp³-hybridized carbons (Fsp3) is 0.600. The Balaban J connectivity index is 2.47. The van der Waals surface area contributed by atoms with Crippen molar-refractivity contribution >= 4 is 34.0 Å². The Morgan fingerprint density at radius 2 is 1.82 bits per heavy atom. The average molecular weight is 338 g/mol. The zero-order chi connectivity index (χ0) is 16.9. The van der Waals surface area contributed by atoms with Gasteiger partial charge >= 0.3 is 6.16 Å². The second kappa shape index (κ2) is 7.17. The van der Waals surface area contributed by atoms with Crippen LogP contribution in [0.1, 0.15) is 19.8 Å². The van der Waals surface area contributed by atoms with Gasteiger partial charge < -0.3 is 9.64 Å². The van der Waals surface area contributed by atoms with Crippen LogP contribution >= 0.6 is 0 Å². The van der Waals surface area contributed by atoms with Crippen molar-refractivity contribution in [1.82, 2.24) is 9.96 Å². The van der Waals surface area contributed by atoms with Crippen LogP contribution in [-0.2, 0) is 34.1 Å². The summed E-state index contributed by atoms with van der Waals surface area (Å²) in [5, 5.41) is 0.239. The summed E-state index contributed by atoms with van der Waals surface area (Å²) in [4.78, 5) is 50.3. The maximum absolute atomic E-state index is 11.6. The van der Waals surface area contributed by atoms with E-state index in [0.29, 0.717) is 0 Å². The highest BCUT2D eigenvalue weighted by molar-refractivity contribution is 7.85. The van der Waals surface area contributed by atoms with Gasteiger partial charge in [0.2, 0.25) is 0 Å². The van der Waals surface area contributed by atoms with E-state index in [1.807, 2.05) is 0 Å². The first-order valence-corrected chi connectivity index (χ1v) is 7.68. The maximum atomic E-state index is 11.6. The Morgan fingerprint density at radius 3 is 2.27 bits per heavy atom. The highest BCUT2D eigenvalue weighted by Crippen LogP contribution is 2.12. The van der Waals surface area contributed by atoms with Crippen molar-refractivity contribution in [3.8, 4) is 0 Å². The number of hydrogen-bond acceptors (Lipinski definition) is 8. The molecule has 0 unspecified atom stereocenters. The third kappa shape index (κ3) is 5.29. The van der Waals surface area contributed by atoms with Crippen molar-refractivity contribution < 1.29 is 41.7 Å². The normalized spacial score (nSPS) is 14.9. The largest absolute Gasteiger partial charge is 0.534 e. The molecule has 0 spiro atoms. The number of carbonyl (C=O) groups is 4. The molecule has 0 bridgehead atoms. The van der Waals surface area contributed by atoms with Gasteiger partial charge in [0.1, 0.15) is 5.88 Å². The van der Waals surface area contributed by atoms with Crippen molar-refractivity contribution in [2.45, 2.75) is 19.8 Å². The predicted molar refractivity (Wildman–Crippen MR) is 67.3 cm³/mol. The lowest BCUT2D eigenvalue weighted by Crippen LogP contribution is -2.39. The van der Waals surface area contributed by atoms with Crippen molar-refractivity contribution in [2.24, 2.45) is 0 Å². The lowest BCUT2D eigenvalue weighted by Gasteiger charge is -2.19. The molecule has 22 heavy (non-hydrogen) atoms. The van der Waals surface area contributed by atoms with Crippen LogP contribution in [0, 0.1) is 0 Å². The van der Waals surface area contributed by atoms with Gasteiger partial charge in [0, 0.05) is 19.4 Å². The second-order valence-electron chi connectivity index (χ2n) is 4.17. The van der Waals surface area contributed by atoms with Crippen molar-refractivity contribution in [2.75, 3.05) is 19.0 Å². The Labute approximate surface area is 125 Å². The van der Waals surface area contributed by atoms with Gasteiger partial charge in [0.25, 0.3) is 27.8 Å². The SMILES string of the molecule is CCN(CS(=O)(=O)O)C(=O)COC(=O)ON1C(=O)CCC1=O. The van der Waals surface area contributed by atoms with Crippen LogP contribution in [0.3, 0.4) is 0 Å². The number of hydrogen-bond donors (Lipinski definition) is 1. The average Bonchev–Trinajstić information content (AvgIpc) is 2.73. The molecule has 1 N–H and O–H groups in total. The van der Waals surface area contributed by atoms with E-state index in [1.165, 1.54) is 6.92 Å². The number of rotatable bonds is 6. The van der Waals surface area contributed by atoms with E-state index >= 15 is 0 Å². The summed E-state index contributed by atoms with van der Waals surface area (Å²) in [5.74, 6) is -3.29. The highest BCUT2D eigenvalue weighted by atomic mass is 32.2. The van der Waals surface area contributed by atoms with Crippen LogP contribution in [0.2, 0.25) is 0 Å². The van der Waals surface area contributed by atoms with E-state index in [9.17, 15) is 27.6 Å². The summed E-state index contributed by atoms with van der Waals surface area (Å²) in [6.07, 6.45) is -1.65. The molecular weight excluding hydrogens is 324 g/mol. The van der Waals surface area contributed by atoms with Crippen LogP contribution < -0.4 is 0 Å². The molecule has 1 aliphatic heterocycles. The summed E-state index contributed by atoms with van der Waals surface area (Å²) >= 11 is 0. The Kier molecular flexibility index (Phi) is 5.82. The number of carbonyl (C=O) groups excluding carboxylic acids is 4. The van der Waals surface area contributed by atoms with Crippen LogP contribution in [0.15, 0.2) is 0 Å². The lowest BCUT2D eigenvalue weighted by atomic mass is 10.4. The van der Waals surface area contributed by atoms with Gasteiger partial charge in [-0.1, -0.05) is 5.06 Å². The Hall–Kier alpha value is -2.21. The highest BCUT2D eigenvalue weighted by Gasteiger charge is 2.33. The number of ether oxygens (including phenoxy) is 1. The van der Waals surface area contributed by atoms with Gasteiger partial charge in [-0.05, 0) is 6.92 Å². The minimum Gasteiger partial charge on any atom is -0.423 e. The standard InChI is InChI=1S/C10H14N2O9S/c1-2-11(6-22(17,18)19)9(15)5-20-10(16)21-12-7(13)3-4-8(12)14/h2-6H2,1H3,(H,17,18,19). The minimum absolute atomic E-state index is 0.0554. The van der Waals surface area contributed by atoms with Gasteiger partial charge in [-0.25, -0.2) is 4.79 Å². The molecule has 0 aromatic rings. The van der Waals surface area contributed by atoms with Crippen LogP contribution in [-0.4, -0.2) is 65.8 Å². The fourth-order valence-electron chi connectivity index (χ4n) is 1.51. The van der Waals surface area contributed by atoms with Gasteiger partial charge in [0.15, 0.2) is 6.61 Å². The van der Waals surface area contributed by atoms with Crippen LogP contribution in [0.5, 0.6) is 0 Å². The summed E-state index contributed by atoms with van der Waals surface area (Å²) in [6, 6.07) is 0. The number of imide groups is 1. The smallest absolute Gasteiger partial charge is 0.423 e. The monoisotopic (exact) mass is 338 g/mol. The first-order valence-electron chi connectivity index (χ1n) is 6.07. The molecule has 1 saturated heterocycles. The molecule has 0 aliphatic carbocycles. The van der Waals surface area contributed by atoms with Crippen molar-refractivity contribution in [1.29, 1.82) is 0 Å². The predicted octanol–water partition coefficient (Wildman–Crippen LogP) is -1.10. The van der Waals surface area contributed by atoms with E-state index in [-0.39, 0.29) is 24.4 Å². The summed E-state index contributed by atoms with van der Waals surface area (Å²) < 4.78 is 34.4. The van der Waals surface area contributed by atoms with Crippen molar-refractivity contribution in [3.05, 3.63) is 0 Å². The van der Waals surface area contributed by atoms with Crippen LogP contribution in [0.4, 0.5) is 4.79 Å². The van der Waals surface area contributed by atoms with Gasteiger partial charge in [-0.2, -0.15) is 8.42 Å². The molecule has 0 aromatic heterocycles. The summed E-state index contributed by atoms with van der Waals surface area (Å²) in [5.41, 5.74) is 0. The van der Waals surface area contributed by atoms with E-state index in [4.69, 9.17) is 4.55 Å². The van der Waals surface area contributed by atoms with E-state index in [2.05, 4.69) is 9.57 Å². The topological polar surface area (TPSA) is 148 Å². The van der Waals surface area contributed by atoms with Gasteiger partial charge in [0.05, 0.1) is 0 Å². The molecule has 0 atom stereocenters. The Bertz CT molecular complexity index is 569. The minimum atomic E-state index is -4.42. The lowest BCUT2D eigenvalue weighted by molar-refractivity contribution is -0.177. The molecule has 1 fully saturated rings. The van der Waals surface area contributed by atoms with Gasteiger partial charge in [-0.15, -0.1) is 0 Å². The van der Waals surface area contributed by atoms with E-state index < -0.39 is 46.5 Å². The summed E-state index contributed by atoms with van der Waals surface area (Å²) in [6.45, 7) is 0.515. The third-order valence-electron chi connectivity index (χ3n) is 2.54. The third-order valence-corrected chi connectivity index (χ3v) is 3.18. The molecule has 0 radical (unpaired) electrons. The maximum Gasteiger partial charge on any atom is 0.534 e. The first kappa shape index (κ1) is 17.8. The summed E-state index contributed by atoms with van der Waals surface area (Å²) in [7, 11) is -4.42. The molecule has 0 saturated carbocycles. The second-order valence-corrected chi connectivity index (χ2v) is 5.59. The molecule has 0 aromatic carbocycles.